The van der Waals surface area contributed by atoms with Gasteiger partial charge in [-0.1, -0.05) is 23.7 Å². The highest BCUT2D eigenvalue weighted by molar-refractivity contribution is 6.32. The SMILES string of the molecule is COc1cc(Cl)c(Oc2cc(NCc3nc4ccccc4[nH]3)nc(N3CCN(CCCN4CCOCC4)CC3)n2)cc1OC. The van der Waals surface area contributed by atoms with Crippen LogP contribution in [-0.2, 0) is 11.3 Å². The Hall–Kier alpha value is -3.84. The van der Waals surface area contributed by atoms with Crippen LogP contribution in [0.3, 0.4) is 0 Å². The molecule has 12 nitrogen and oxygen atoms in total. The maximum absolute atomic E-state index is 6.55. The molecule has 2 N–H and O–H groups in total. The van der Waals surface area contributed by atoms with Gasteiger partial charge in [-0.25, -0.2) is 4.98 Å². The third kappa shape index (κ3) is 7.44. The monoisotopic (exact) mass is 622 g/mol. The van der Waals surface area contributed by atoms with E-state index < -0.39 is 0 Å². The number of aromatic nitrogens is 4. The molecule has 0 saturated carbocycles. The predicted octanol–water partition coefficient (Wildman–Crippen LogP) is 4.27. The minimum absolute atomic E-state index is 0.365. The van der Waals surface area contributed by atoms with Gasteiger partial charge < -0.3 is 34.1 Å². The number of methoxy groups -OCH3 is 2. The van der Waals surface area contributed by atoms with Crippen molar-refractivity contribution in [2.45, 2.75) is 13.0 Å². The van der Waals surface area contributed by atoms with Gasteiger partial charge in [-0.05, 0) is 31.6 Å². The minimum atomic E-state index is 0.365. The quantitative estimate of drug-likeness (QED) is 0.236. The number of ether oxygens (including phenoxy) is 4. The summed E-state index contributed by atoms with van der Waals surface area (Å²) in [5.74, 6) is 3.82. The lowest BCUT2D eigenvalue weighted by Crippen LogP contribution is -2.47. The number of H-pyrrole nitrogens is 1. The van der Waals surface area contributed by atoms with Gasteiger partial charge in [0.1, 0.15) is 11.6 Å². The molecule has 2 aromatic carbocycles. The minimum Gasteiger partial charge on any atom is -0.493 e. The van der Waals surface area contributed by atoms with Crippen LogP contribution in [0.1, 0.15) is 12.2 Å². The summed E-state index contributed by atoms with van der Waals surface area (Å²) in [6.07, 6.45) is 1.15. The molecule has 2 aliphatic heterocycles. The molecule has 0 aliphatic carbocycles. The van der Waals surface area contributed by atoms with E-state index >= 15 is 0 Å². The van der Waals surface area contributed by atoms with E-state index in [4.69, 9.17) is 40.5 Å². The molecule has 2 fully saturated rings. The van der Waals surface area contributed by atoms with Crippen molar-refractivity contribution in [2.24, 2.45) is 0 Å². The number of morpholine rings is 1. The first-order chi connectivity index (χ1) is 21.6. The highest BCUT2D eigenvalue weighted by atomic mass is 35.5. The van der Waals surface area contributed by atoms with E-state index in [9.17, 15) is 0 Å². The van der Waals surface area contributed by atoms with Crippen molar-refractivity contribution in [1.82, 2.24) is 29.7 Å². The Morgan fingerprint density at radius 3 is 2.34 bits per heavy atom. The zero-order chi connectivity index (χ0) is 30.3. The second-order valence-corrected chi connectivity index (χ2v) is 11.2. The standard InChI is InChI=1S/C31H39ClN8O4/c1-41-26-18-22(32)25(19-27(26)42-2)44-30-20-28(33-21-29-34-23-6-3-4-7-24(23)35-29)36-31(37-30)40-12-10-38(11-13-40)8-5-9-39-14-16-43-17-15-39/h3-4,6-7,18-20H,5,8-17,21H2,1-2H3,(H,34,35)(H,33,36,37). The van der Waals surface area contributed by atoms with Crippen LogP contribution in [0.25, 0.3) is 11.0 Å². The zero-order valence-corrected chi connectivity index (χ0v) is 26.0. The smallest absolute Gasteiger partial charge is 0.230 e. The Morgan fingerprint density at radius 1 is 0.864 bits per heavy atom. The summed E-state index contributed by atoms with van der Waals surface area (Å²) in [4.78, 5) is 24.9. The van der Waals surface area contributed by atoms with Crippen LogP contribution in [0.5, 0.6) is 23.1 Å². The number of para-hydroxylation sites is 2. The highest BCUT2D eigenvalue weighted by Gasteiger charge is 2.22. The third-order valence-corrected chi connectivity index (χ3v) is 8.22. The molecule has 0 unspecified atom stereocenters. The summed E-state index contributed by atoms with van der Waals surface area (Å²) in [6.45, 7) is 9.93. The van der Waals surface area contributed by atoms with Crippen LogP contribution in [0.15, 0.2) is 42.5 Å². The third-order valence-electron chi connectivity index (χ3n) is 7.93. The second kappa shape index (κ2) is 14.3. The average Bonchev–Trinajstić information content (AvgIpc) is 3.48. The van der Waals surface area contributed by atoms with Crippen LogP contribution < -0.4 is 24.4 Å². The van der Waals surface area contributed by atoms with E-state index in [1.165, 1.54) is 0 Å². The normalized spacial score (nSPS) is 16.3. The lowest BCUT2D eigenvalue weighted by atomic mass is 10.2. The van der Waals surface area contributed by atoms with Crippen LogP contribution in [0.2, 0.25) is 5.02 Å². The van der Waals surface area contributed by atoms with E-state index in [2.05, 4.69) is 30.0 Å². The highest BCUT2D eigenvalue weighted by Crippen LogP contribution is 2.39. The Kier molecular flexibility index (Phi) is 9.81. The maximum Gasteiger partial charge on any atom is 0.230 e. The molecule has 0 atom stereocenters. The fourth-order valence-corrected chi connectivity index (χ4v) is 5.69. The molecule has 0 spiro atoms. The summed E-state index contributed by atoms with van der Waals surface area (Å²) in [6, 6.07) is 13.1. The number of fused-ring (bicyclic) bond motifs is 1. The number of aromatic amines is 1. The summed E-state index contributed by atoms with van der Waals surface area (Å²) in [5, 5.41) is 3.78. The van der Waals surface area contributed by atoms with Gasteiger partial charge in [0.2, 0.25) is 11.8 Å². The number of rotatable bonds is 12. The topological polar surface area (TPSA) is 113 Å². The van der Waals surface area contributed by atoms with Gasteiger partial charge in [0.25, 0.3) is 0 Å². The molecular formula is C31H39ClN8O4. The Morgan fingerprint density at radius 2 is 1.59 bits per heavy atom. The molecule has 13 heteroatoms. The molecule has 6 rings (SSSR count). The van der Waals surface area contributed by atoms with E-state index in [1.807, 2.05) is 24.3 Å². The zero-order valence-electron chi connectivity index (χ0n) is 25.2. The van der Waals surface area contributed by atoms with Crippen LogP contribution in [0, 0.1) is 0 Å². The summed E-state index contributed by atoms with van der Waals surface area (Å²) >= 11 is 6.55. The van der Waals surface area contributed by atoms with E-state index in [0.29, 0.717) is 46.5 Å². The van der Waals surface area contributed by atoms with Gasteiger partial charge in [0, 0.05) is 57.5 Å². The average molecular weight is 623 g/mol. The van der Waals surface area contributed by atoms with E-state index in [-0.39, 0.29) is 0 Å². The van der Waals surface area contributed by atoms with Gasteiger partial charge in [-0.15, -0.1) is 0 Å². The van der Waals surface area contributed by atoms with Crippen molar-refractivity contribution in [3.05, 3.63) is 53.3 Å². The lowest BCUT2D eigenvalue weighted by molar-refractivity contribution is 0.0360. The number of piperazine rings is 1. The first-order valence-electron chi connectivity index (χ1n) is 15.0. The Balaban J connectivity index is 1.16. The predicted molar refractivity (Wildman–Crippen MR) is 171 cm³/mol. The van der Waals surface area contributed by atoms with Gasteiger partial charge in [-0.2, -0.15) is 9.97 Å². The molecule has 2 aliphatic rings. The van der Waals surface area contributed by atoms with E-state index in [0.717, 1.165) is 88.9 Å². The van der Waals surface area contributed by atoms with Crippen molar-refractivity contribution in [2.75, 3.05) is 90.0 Å². The molecule has 2 aromatic heterocycles. The molecular weight excluding hydrogens is 584 g/mol. The van der Waals surface area contributed by atoms with Gasteiger partial charge in [-0.3, -0.25) is 9.80 Å². The van der Waals surface area contributed by atoms with Gasteiger partial charge in [0.15, 0.2) is 17.2 Å². The maximum atomic E-state index is 6.55. The number of imidazole rings is 1. The van der Waals surface area contributed by atoms with Crippen LogP contribution in [-0.4, -0.2) is 110 Å². The first kappa shape index (κ1) is 30.2. The van der Waals surface area contributed by atoms with Crippen molar-refractivity contribution in [3.63, 3.8) is 0 Å². The number of nitrogens with zero attached hydrogens (tertiary/aromatic N) is 6. The van der Waals surface area contributed by atoms with E-state index in [1.54, 1.807) is 32.4 Å². The second-order valence-electron chi connectivity index (χ2n) is 10.8. The molecule has 0 radical (unpaired) electrons. The van der Waals surface area contributed by atoms with Crippen molar-refractivity contribution in [3.8, 4) is 23.1 Å². The number of hydrogen-bond donors (Lipinski definition) is 2. The number of anilines is 2. The molecule has 4 heterocycles. The van der Waals surface area contributed by atoms with Crippen molar-refractivity contribution in [1.29, 1.82) is 0 Å². The number of halogens is 1. The fraction of sp³-hybridized carbons (Fsp3) is 0.452. The first-order valence-corrected chi connectivity index (χ1v) is 15.4. The molecule has 0 amide bonds. The fourth-order valence-electron chi connectivity index (χ4n) is 5.50. The summed E-state index contributed by atoms with van der Waals surface area (Å²) in [7, 11) is 3.13. The van der Waals surface area contributed by atoms with Crippen LogP contribution in [0.4, 0.5) is 11.8 Å². The largest absolute Gasteiger partial charge is 0.493 e. The number of nitrogens with one attached hydrogen (secondary N) is 2. The molecule has 0 bridgehead atoms. The van der Waals surface area contributed by atoms with Gasteiger partial charge in [0.05, 0.1) is 50.0 Å². The summed E-state index contributed by atoms with van der Waals surface area (Å²) < 4.78 is 22.5. The molecule has 234 valence electrons. The van der Waals surface area contributed by atoms with Crippen molar-refractivity contribution < 1.29 is 18.9 Å². The number of hydrogen-bond acceptors (Lipinski definition) is 11. The Labute approximate surface area is 262 Å². The lowest BCUT2D eigenvalue weighted by Gasteiger charge is -2.35. The van der Waals surface area contributed by atoms with Crippen molar-refractivity contribution >= 4 is 34.4 Å². The number of benzene rings is 2. The van der Waals surface area contributed by atoms with Gasteiger partial charge >= 0.3 is 0 Å². The van der Waals surface area contributed by atoms with Crippen LogP contribution >= 0.6 is 11.6 Å². The Bertz CT molecular complexity index is 1510. The molecule has 4 aromatic rings. The summed E-state index contributed by atoms with van der Waals surface area (Å²) in [5.41, 5.74) is 1.91. The molecule has 44 heavy (non-hydrogen) atoms. The molecule has 2 saturated heterocycles.